The Labute approximate surface area is 198 Å². The predicted molar refractivity (Wildman–Crippen MR) is 128 cm³/mol. The summed E-state index contributed by atoms with van der Waals surface area (Å²) in [6.45, 7) is 0.516. The van der Waals surface area contributed by atoms with Gasteiger partial charge in [0.25, 0.3) is 11.1 Å². The van der Waals surface area contributed by atoms with E-state index in [1.54, 1.807) is 6.08 Å². The highest BCUT2D eigenvalue weighted by molar-refractivity contribution is 9.10. The summed E-state index contributed by atoms with van der Waals surface area (Å²) >= 11 is 10.6. The quantitative estimate of drug-likeness (QED) is 0.335. The van der Waals surface area contributed by atoms with Crippen LogP contribution in [0.1, 0.15) is 16.7 Å². The number of amides is 2. The summed E-state index contributed by atoms with van der Waals surface area (Å²) in [7, 11) is 0. The summed E-state index contributed by atoms with van der Waals surface area (Å²) in [5, 5.41) is 0.342. The third-order valence-corrected chi connectivity index (χ3v) is 6.76. The largest absolute Gasteiger partial charge is 0.488 e. The normalized spacial score (nSPS) is 15.0. The molecule has 0 saturated carbocycles. The third kappa shape index (κ3) is 5.03. The molecule has 3 aromatic carbocycles. The molecule has 1 aliphatic rings. The van der Waals surface area contributed by atoms with Crippen LogP contribution in [0.15, 0.2) is 82.2 Å². The van der Waals surface area contributed by atoms with Crippen LogP contribution >= 0.6 is 39.3 Å². The number of carbonyl (C=O) groups is 2. The lowest BCUT2D eigenvalue weighted by Crippen LogP contribution is -2.27. The molecule has 1 aliphatic heterocycles. The SMILES string of the molecule is O=C1S/C(=C\c2ccccc2OCc2ccccc2Cl)C(=O)N1Cc1ccccc1Br. The van der Waals surface area contributed by atoms with Gasteiger partial charge < -0.3 is 4.74 Å². The lowest BCUT2D eigenvalue weighted by molar-refractivity contribution is -0.123. The zero-order valence-corrected chi connectivity index (χ0v) is 19.4. The minimum Gasteiger partial charge on any atom is -0.488 e. The van der Waals surface area contributed by atoms with Gasteiger partial charge in [-0.2, -0.15) is 0 Å². The number of para-hydroxylation sites is 1. The fourth-order valence-electron chi connectivity index (χ4n) is 3.08. The molecular formula is C24H17BrClNO3S. The molecule has 4 nitrogen and oxygen atoms in total. The first-order valence-corrected chi connectivity index (χ1v) is 11.5. The Kier molecular flexibility index (Phi) is 6.80. The van der Waals surface area contributed by atoms with Crippen molar-refractivity contribution in [2.45, 2.75) is 13.2 Å². The summed E-state index contributed by atoms with van der Waals surface area (Å²) < 4.78 is 6.82. The van der Waals surface area contributed by atoms with E-state index in [1.165, 1.54) is 4.90 Å². The van der Waals surface area contributed by atoms with Crippen molar-refractivity contribution in [3.63, 3.8) is 0 Å². The van der Waals surface area contributed by atoms with Crippen LogP contribution in [0.4, 0.5) is 4.79 Å². The number of nitrogens with zero attached hydrogens (tertiary/aromatic N) is 1. The lowest BCUT2D eigenvalue weighted by Gasteiger charge is -2.13. The van der Waals surface area contributed by atoms with E-state index in [0.717, 1.165) is 32.9 Å². The number of benzene rings is 3. The number of carbonyl (C=O) groups excluding carboxylic acids is 2. The Balaban J connectivity index is 1.54. The Hall–Kier alpha value is -2.54. The summed E-state index contributed by atoms with van der Waals surface area (Å²) in [5.74, 6) is 0.298. The molecule has 0 N–H and O–H groups in total. The number of halogens is 2. The average Bonchev–Trinajstić information content (AvgIpc) is 3.03. The fourth-order valence-corrected chi connectivity index (χ4v) is 4.51. The first-order chi connectivity index (χ1) is 15.0. The highest BCUT2D eigenvalue weighted by Crippen LogP contribution is 2.35. The molecule has 1 fully saturated rings. The molecular weight excluding hydrogens is 498 g/mol. The maximum atomic E-state index is 12.9. The molecule has 3 aromatic rings. The Morgan fingerprint density at radius 2 is 1.61 bits per heavy atom. The molecule has 7 heteroatoms. The predicted octanol–water partition coefficient (Wildman–Crippen LogP) is 6.92. The maximum absolute atomic E-state index is 12.9. The van der Waals surface area contributed by atoms with Crippen LogP contribution in [-0.4, -0.2) is 16.0 Å². The number of hydrogen-bond donors (Lipinski definition) is 0. The van der Waals surface area contributed by atoms with Crippen molar-refractivity contribution in [3.8, 4) is 5.75 Å². The second-order valence-electron chi connectivity index (χ2n) is 6.78. The van der Waals surface area contributed by atoms with E-state index in [-0.39, 0.29) is 17.7 Å². The summed E-state index contributed by atoms with van der Waals surface area (Å²) in [6, 6.07) is 22.4. The molecule has 1 saturated heterocycles. The first-order valence-electron chi connectivity index (χ1n) is 9.47. The second-order valence-corrected chi connectivity index (χ2v) is 9.03. The van der Waals surface area contributed by atoms with E-state index in [0.29, 0.717) is 22.3 Å². The smallest absolute Gasteiger partial charge is 0.293 e. The van der Waals surface area contributed by atoms with Crippen molar-refractivity contribution in [1.29, 1.82) is 0 Å². The maximum Gasteiger partial charge on any atom is 0.293 e. The number of rotatable bonds is 6. The highest BCUT2D eigenvalue weighted by Gasteiger charge is 2.35. The van der Waals surface area contributed by atoms with Crippen LogP contribution in [-0.2, 0) is 17.9 Å². The molecule has 2 amide bonds. The monoisotopic (exact) mass is 513 g/mol. The Bertz CT molecular complexity index is 1180. The number of hydrogen-bond acceptors (Lipinski definition) is 4. The Morgan fingerprint density at radius 1 is 0.935 bits per heavy atom. The lowest BCUT2D eigenvalue weighted by atomic mass is 10.1. The van der Waals surface area contributed by atoms with E-state index < -0.39 is 0 Å². The van der Waals surface area contributed by atoms with Crippen LogP contribution < -0.4 is 4.74 Å². The van der Waals surface area contributed by atoms with Crippen molar-refractivity contribution in [1.82, 2.24) is 4.90 Å². The van der Waals surface area contributed by atoms with Crippen LogP contribution in [0.3, 0.4) is 0 Å². The number of imide groups is 1. The molecule has 0 aliphatic carbocycles. The molecule has 0 aromatic heterocycles. The molecule has 4 rings (SSSR count). The molecule has 0 unspecified atom stereocenters. The van der Waals surface area contributed by atoms with Crippen molar-refractivity contribution in [2.75, 3.05) is 0 Å². The van der Waals surface area contributed by atoms with Gasteiger partial charge in [-0.1, -0.05) is 82.1 Å². The molecule has 0 bridgehead atoms. The molecule has 0 atom stereocenters. The second kappa shape index (κ2) is 9.73. The van der Waals surface area contributed by atoms with Crippen LogP contribution in [0.5, 0.6) is 5.75 Å². The van der Waals surface area contributed by atoms with E-state index in [1.807, 2.05) is 72.8 Å². The standard InChI is InChI=1S/C24H17BrClNO3S/c25-19-10-4-1-8-17(19)14-27-23(28)22(31-24(27)29)13-16-7-3-6-12-21(16)30-15-18-9-2-5-11-20(18)26/h1-13H,14-15H2/b22-13-. The molecule has 1 heterocycles. The van der Waals surface area contributed by atoms with E-state index in [2.05, 4.69) is 15.9 Å². The van der Waals surface area contributed by atoms with Gasteiger partial charge in [0.05, 0.1) is 11.4 Å². The van der Waals surface area contributed by atoms with Crippen molar-refractivity contribution < 1.29 is 14.3 Å². The van der Waals surface area contributed by atoms with Gasteiger partial charge >= 0.3 is 0 Å². The molecule has 31 heavy (non-hydrogen) atoms. The summed E-state index contributed by atoms with van der Waals surface area (Å²) in [6.07, 6.45) is 1.70. The minimum atomic E-state index is -0.313. The van der Waals surface area contributed by atoms with Crippen molar-refractivity contribution >= 4 is 56.5 Å². The minimum absolute atomic E-state index is 0.216. The van der Waals surface area contributed by atoms with Crippen LogP contribution in [0.25, 0.3) is 6.08 Å². The van der Waals surface area contributed by atoms with Crippen LogP contribution in [0.2, 0.25) is 5.02 Å². The number of ether oxygens (including phenoxy) is 1. The van der Waals surface area contributed by atoms with E-state index >= 15 is 0 Å². The van der Waals surface area contributed by atoms with Crippen molar-refractivity contribution in [3.05, 3.63) is 104 Å². The molecule has 0 radical (unpaired) electrons. The molecule has 0 spiro atoms. The zero-order valence-electron chi connectivity index (χ0n) is 16.3. The third-order valence-electron chi connectivity index (χ3n) is 4.71. The van der Waals surface area contributed by atoms with Crippen molar-refractivity contribution in [2.24, 2.45) is 0 Å². The molecule has 156 valence electrons. The topological polar surface area (TPSA) is 46.6 Å². The van der Waals surface area contributed by atoms with Gasteiger partial charge in [-0.05, 0) is 41.6 Å². The summed E-state index contributed by atoms with van der Waals surface area (Å²) in [4.78, 5) is 27.0. The fraction of sp³-hybridized carbons (Fsp3) is 0.0833. The Morgan fingerprint density at radius 3 is 2.39 bits per heavy atom. The van der Waals surface area contributed by atoms with Gasteiger partial charge in [0.15, 0.2) is 0 Å². The van der Waals surface area contributed by atoms with Gasteiger partial charge in [-0.25, -0.2) is 0 Å². The van der Waals surface area contributed by atoms with Gasteiger partial charge in [0.1, 0.15) is 12.4 Å². The zero-order chi connectivity index (χ0) is 21.8. The highest BCUT2D eigenvalue weighted by atomic mass is 79.9. The van der Waals surface area contributed by atoms with Gasteiger partial charge in [0, 0.05) is 20.6 Å². The summed E-state index contributed by atoms with van der Waals surface area (Å²) in [5.41, 5.74) is 2.46. The van der Waals surface area contributed by atoms with Crippen LogP contribution in [0, 0.1) is 0 Å². The first kappa shape index (κ1) is 21.7. The van der Waals surface area contributed by atoms with Gasteiger partial charge in [-0.3, -0.25) is 14.5 Å². The van der Waals surface area contributed by atoms with Gasteiger partial charge in [-0.15, -0.1) is 0 Å². The van der Waals surface area contributed by atoms with E-state index in [4.69, 9.17) is 16.3 Å². The number of thioether (sulfide) groups is 1. The van der Waals surface area contributed by atoms with Gasteiger partial charge in [0.2, 0.25) is 0 Å². The van der Waals surface area contributed by atoms with E-state index in [9.17, 15) is 9.59 Å². The average molecular weight is 515 g/mol.